The van der Waals surface area contributed by atoms with Gasteiger partial charge in [0.25, 0.3) is 5.56 Å². The number of hydrogen-bond donors (Lipinski definition) is 2. The molecule has 0 atom stereocenters. The van der Waals surface area contributed by atoms with Crippen LogP contribution in [0.25, 0.3) is 33.4 Å². The summed E-state index contributed by atoms with van der Waals surface area (Å²) in [5, 5.41) is 12.6. The fourth-order valence-corrected chi connectivity index (χ4v) is 5.30. The lowest BCUT2D eigenvalue weighted by atomic mass is 10.0. The Morgan fingerprint density at radius 1 is 1.12 bits per heavy atom. The normalized spacial score (nSPS) is 16.0. The summed E-state index contributed by atoms with van der Waals surface area (Å²) in [6.45, 7) is 2.12. The molecule has 3 N–H and O–H groups in total. The molecule has 0 saturated heterocycles. The summed E-state index contributed by atoms with van der Waals surface area (Å²) in [5.74, 6) is 1.42. The molecule has 8 nitrogen and oxygen atoms in total. The quantitative estimate of drug-likeness (QED) is 0.454. The molecule has 0 radical (unpaired) electrons. The molecule has 1 aromatic carbocycles. The zero-order valence-electron chi connectivity index (χ0n) is 20.2. The minimum atomic E-state index is -0.0421. The van der Waals surface area contributed by atoms with Crippen molar-refractivity contribution in [2.45, 2.75) is 38.6 Å². The maximum atomic E-state index is 13.5. The van der Waals surface area contributed by atoms with Crippen LogP contribution in [0.5, 0.6) is 0 Å². The zero-order valence-corrected chi connectivity index (χ0v) is 20.2. The average molecular weight is 458 g/mol. The van der Waals surface area contributed by atoms with Crippen LogP contribution in [0.2, 0.25) is 0 Å². The molecule has 0 unspecified atom stereocenters. The van der Waals surface area contributed by atoms with Gasteiger partial charge in [-0.3, -0.25) is 14.6 Å². The molecule has 4 aromatic rings. The number of nitrogen functional groups attached to an aromatic ring is 1. The van der Waals surface area contributed by atoms with Crippen LogP contribution in [0.4, 0.5) is 11.5 Å². The molecule has 0 aliphatic heterocycles. The van der Waals surface area contributed by atoms with Crippen molar-refractivity contribution in [1.29, 1.82) is 0 Å². The Bertz CT molecular complexity index is 1450. The largest absolute Gasteiger partial charge is 0.382 e. The van der Waals surface area contributed by atoms with Crippen molar-refractivity contribution in [3.05, 3.63) is 46.4 Å². The number of fused-ring (bicyclic) bond motifs is 1. The maximum Gasteiger partial charge on any atom is 0.264 e. The van der Waals surface area contributed by atoms with Crippen LogP contribution in [0.3, 0.4) is 0 Å². The van der Waals surface area contributed by atoms with E-state index in [1.165, 1.54) is 31.2 Å². The topological polar surface area (TPSA) is 97.8 Å². The molecule has 3 heterocycles. The summed E-state index contributed by atoms with van der Waals surface area (Å²) in [7, 11) is 6.05. The van der Waals surface area contributed by atoms with Gasteiger partial charge in [-0.2, -0.15) is 10.2 Å². The fourth-order valence-electron chi connectivity index (χ4n) is 5.30. The number of pyridine rings is 1. The molecule has 176 valence electrons. The maximum absolute atomic E-state index is 13.5. The second-order valence-electron chi connectivity index (χ2n) is 10.2. The van der Waals surface area contributed by atoms with Gasteiger partial charge >= 0.3 is 0 Å². The number of aryl methyl sites for hydroxylation is 2. The van der Waals surface area contributed by atoms with Crippen molar-refractivity contribution >= 4 is 22.4 Å². The summed E-state index contributed by atoms with van der Waals surface area (Å²) in [6.07, 6.45) is 6.76. The number of H-pyrrole nitrogens is 1. The molecule has 2 fully saturated rings. The summed E-state index contributed by atoms with van der Waals surface area (Å²) in [6, 6.07) is 8.80. The van der Waals surface area contributed by atoms with Crippen LogP contribution in [-0.2, 0) is 7.05 Å². The van der Waals surface area contributed by atoms with Gasteiger partial charge in [-0.1, -0.05) is 6.07 Å². The minimum absolute atomic E-state index is 0.0421. The first-order valence-electron chi connectivity index (χ1n) is 12.0. The van der Waals surface area contributed by atoms with Crippen LogP contribution in [0.15, 0.2) is 35.3 Å². The number of hydrogen-bond acceptors (Lipinski definition) is 5. The minimum Gasteiger partial charge on any atom is -0.382 e. The first kappa shape index (κ1) is 21.0. The van der Waals surface area contributed by atoms with Crippen molar-refractivity contribution in [3.63, 3.8) is 0 Å². The van der Waals surface area contributed by atoms with Crippen molar-refractivity contribution in [2.75, 3.05) is 24.7 Å². The lowest BCUT2D eigenvalue weighted by Crippen LogP contribution is -2.27. The highest BCUT2D eigenvalue weighted by Crippen LogP contribution is 2.52. The second kappa shape index (κ2) is 7.48. The van der Waals surface area contributed by atoms with Crippen molar-refractivity contribution in [1.82, 2.24) is 24.5 Å². The van der Waals surface area contributed by atoms with Gasteiger partial charge in [-0.05, 0) is 68.2 Å². The van der Waals surface area contributed by atoms with E-state index in [9.17, 15) is 4.79 Å². The highest BCUT2D eigenvalue weighted by Gasteiger charge is 2.43. The summed E-state index contributed by atoms with van der Waals surface area (Å²) in [5.41, 5.74) is 13.0. The van der Waals surface area contributed by atoms with Gasteiger partial charge in [-0.15, -0.1) is 0 Å². The summed E-state index contributed by atoms with van der Waals surface area (Å²) in [4.78, 5) is 15.6. The van der Waals surface area contributed by atoms with Gasteiger partial charge in [0, 0.05) is 50.2 Å². The lowest BCUT2D eigenvalue weighted by molar-refractivity contribution is 0.386. The molecule has 0 spiro atoms. The van der Waals surface area contributed by atoms with Gasteiger partial charge in [0.2, 0.25) is 0 Å². The van der Waals surface area contributed by atoms with Crippen LogP contribution in [0, 0.1) is 18.8 Å². The molecular weight excluding hydrogens is 426 g/mol. The number of rotatable bonds is 6. The number of aromatic nitrogens is 5. The fraction of sp³-hybridized carbons (Fsp3) is 0.423. The Morgan fingerprint density at radius 2 is 1.82 bits per heavy atom. The molecular formula is C26H31N7O. The molecule has 2 saturated carbocycles. The average Bonchev–Trinajstić information content (AvgIpc) is 3.73. The molecule has 0 amide bonds. The predicted molar refractivity (Wildman–Crippen MR) is 136 cm³/mol. The summed E-state index contributed by atoms with van der Waals surface area (Å²) < 4.78 is 3.86. The molecule has 2 aliphatic rings. The monoisotopic (exact) mass is 457 g/mol. The second-order valence-corrected chi connectivity index (χ2v) is 10.2. The Balaban J connectivity index is 1.54. The standard InChI is InChI=1S/C26H31N7O/c1-14-5-10-17(31(2)3)11-18(14)21-12-20(30-32(21)4)19-13-33(24(15-6-7-15)16-8-9-16)26(34)22-23(19)28-29-25(22)27/h5,10-13,15-16,24H,6-9H2,1-4H3,(H3,27,28,29). The molecule has 3 aromatic heterocycles. The van der Waals surface area contributed by atoms with E-state index in [4.69, 9.17) is 10.8 Å². The van der Waals surface area contributed by atoms with Crippen molar-refractivity contribution in [2.24, 2.45) is 18.9 Å². The van der Waals surface area contributed by atoms with Crippen molar-refractivity contribution in [3.8, 4) is 22.5 Å². The first-order chi connectivity index (χ1) is 16.3. The van der Waals surface area contributed by atoms with E-state index in [2.05, 4.69) is 46.3 Å². The van der Waals surface area contributed by atoms with Crippen LogP contribution in [0.1, 0.15) is 37.3 Å². The zero-order chi connectivity index (χ0) is 23.7. The molecule has 2 aliphatic carbocycles. The summed E-state index contributed by atoms with van der Waals surface area (Å²) >= 11 is 0. The first-order valence-corrected chi connectivity index (χ1v) is 12.0. The van der Waals surface area contributed by atoms with E-state index < -0.39 is 0 Å². The lowest BCUT2D eigenvalue weighted by Gasteiger charge is -2.20. The molecule has 8 heteroatoms. The third-order valence-electron chi connectivity index (χ3n) is 7.48. The van der Waals surface area contributed by atoms with E-state index in [0.29, 0.717) is 22.7 Å². The predicted octanol–water partition coefficient (Wildman–Crippen LogP) is 4.11. The van der Waals surface area contributed by atoms with Crippen molar-refractivity contribution < 1.29 is 0 Å². The van der Waals surface area contributed by atoms with Gasteiger partial charge in [0.1, 0.15) is 5.39 Å². The third-order valence-corrected chi connectivity index (χ3v) is 7.48. The van der Waals surface area contributed by atoms with Gasteiger partial charge in [-0.25, -0.2) is 0 Å². The Labute approximate surface area is 198 Å². The number of anilines is 2. The highest BCUT2D eigenvalue weighted by molar-refractivity contribution is 5.98. The van der Waals surface area contributed by atoms with E-state index >= 15 is 0 Å². The van der Waals surface area contributed by atoms with Gasteiger partial charge < -0.3 is 15.2 Å². The third kappa shape index (κ3) is 3.31. The van der Waals surface area contributed by atoms with Crippen LogP contribution >= 0.6 is 0 Å². The number of aromatic amines is 1. The molecule has 6 rings (SSSR count). The smallest absolute Gasteiger partial charge is 0.264 e. The number of nitrogens with one attached hydrogen (secondary N) is 1. The SMILES string of the molecule is Cc1ccc(N(C)C)cc1-c1cc(-c2cn(C(C3CC3)C3CC3)c(=O)c3c(N)n[nH]c23)nn1C. The highest BCUT2D eigenvalue weighted by atomic mass is 16.1. The van der Waals surface area contributed by atoms with Crippen LogP contribution < -0.4 is 16.2 Å². The molecule has 0 bridgehead atoms. The van der Waals surface area contributed by atoms with Gasteiger partial charge in [0.15, 0.2) is 5.82 Å². The molecule has 34 heavy (non-hydrogen) atoms. The Morgan fingerprint density at radius 3 is 2.47 bits per heavy atom. The van der Waals surface area contributed by atoms with E-state index in [1.54, 1.807) is 0 Å². The van der Waals surface area contributed by atoms with Gasteiger partial charge in [0.05, 0.1) is 16.9 Å². The number of nitrogens with two attached hydrogens (primary N) is 1. The number of nitrogens with zero attached hydrogens (tertiary/aromatic N) is 5. The van der Waals surface area contributed by atoms with E-state index in [0.717, 1.165) is 28.2 Å². The Hall–Kier alpha value is -3.55. The van der Waals surface area contributed by atoms with E-state index in [-0.39, 0.29) is 17.4 Å². The number of benzene rings is 1. The van der Waals surface area contributed by atoms with E-state index in [1.807, 2.05) is 36.6 Å². The Kier molecular flexibility index (Phi) is 4.62. The van der Waals surface area contributed by atoms with Crippen LogP contribution in [-0.4, -0.2) is 38.6 Å².